The molecule has 14 heavy (non-hydrogen) atoms. The van der Waals surface area contributed by atoms with E-state index >= 15 is 0 Å². The lowest BCUT2D eigenvalue weighted by atomic mass is 10.1. The van der Waals surface area contributed by atoms with Gasteiger partial charge in [-0.15, -0.1) is 0 Å². The Bertz CT molecular complexity index is 177. The van der Waals surface area contributed by atoms with Crippen molar-refractivity contribution >= 4 is 5.97 Å². The monoisotopic (exact) mass is 204 g/mol. The topological polar surface area (TPSA) is 87.6 Å². The molecule has 0 unspecified atom stereocenters. The molecule has 0 amide bonds. The number of hydrogen-bond donors (Lipinski definition) is 2. The highest BCUT2D eigenvalue weighted by Crippen LogP contribution is 2.09. The second kappa shape index (κ2) is 5.95. The Labute approximate surface area is 84.7 Å². The van der Waals surface area contributed by atoms with Crippen LogP contribution in [0.4, 0.5) is 0 Å². The van der Waals surface area contributed by atoms with E-state index in [4.69, 9.17) is 16.4 Å². The van der Waals surface area contributed by atoms with Gasteiger partial charge in [0.1, 0.15) is 11.6 Å². The molecular formula is C9H20N2O3. The van der Waals surface area contributed by atoms with Crippen LogP contribution in [0.15, 0.2) is 0 Å². The second-order valence-electron chi connectivity index (χ2n) is 4.15. The van der Waals surface area contributed by atoms with Gasteiger partial charge in [-0.2, -0.15) is 0 Å². The molecule has 0 spiro atoms. The molecule has 0 aromatic heterocycles. The summed E-state index contributed by atoms with van der Waals surface area (Å²) < 4.78 is 5.09. The molecule has 0 aliphatic heterocycles. The van der Waals surface area contributed by atoms with Gasteiger partial charge in [0.2, 0.25) is 0 Å². The maximum absolute atomic E-state index is 11.3. The van der Waals surface area contributed by atoms with Crippen LogP contribution in [0.2, 0.25) is 0 Å². The first-order chi connectivity index (χ1) is 6.37. The van der Waals surface area contributed by atoms with Gasteiger partial charge in [0.15, 0.2) is 0 Å². The van der Waals surface area contributed by atoms with Crippen molar-refractivity contribution in [2.24, 2.45) is 11.6 Å². The van der Waals surface area contributed by atoms with Gasteiger partial charge in [-0.25, -0.2) is 5.90 Å². The average molecular weight is 204 g/mol. The molecule has 1 atom stereocenters. The zero-order valence-electron chi connectivity index (χ0n) is 9.08. The first-order valence-corrected chi connectivity index (χ1v) is 4.67. The van der Waals surface area contributed by atoms with E-state index in [2.05, 4.69) is 4.84 Å². The summed E-state index contributed by atoms with van der Waals surface area (Å²) in [5.74, 6) is 4.46. The Balaban J connectivity index is 3.77. The molecule has 0 saturated heterocycles. The molecule has 84 valence electrons. The van der Waals surface area contributed by atoms with Crippen LogP contribution in [-0.2, 0) is 14.4 Å². The largest absolute Gasteiger partial charge is 0.459 e. The van der Waals surface area contributed by atoms with Gasteiger partial charge in [0.25, 0.3) is 0 Å². The van der Waals surface area contributed by atoms with Crippen LogP contribution < -0.4 is 11.6 Å². The van der Waals surface area contributed by atoms with Crippen molar-refractivity contribution in [3.63, 3.8) is 0 Å². The van der Waals surface area contributed by atoms with Crippen molar-refractivity contribution in [1.82, 2.24) is 0 Å². The van der Waals surface area contributed by atoms with Crippen LogP contribution in [-0.4, -0.2) is 24.2 Å². The molecule has 4 N–H and O–H groups in total. The minimum atomic E-state index is -0.593. The van der Waals surface area contributed by atoms with E-state index in [1.807, 2.05) is 0 Å². The van der Waals surface area contributed by atoms with Crippen LogP contribution in [0, 0.1) is 0 Å². The number of rotatable bonds is 5. The van der Waals surface area contributed by atoms with E-state index in [0.717, 1.165) is 0 Å². The van der Waals surface area contributed by atoms with E-state index in [9.17, 15) is 4.79 Å². The van der Waals surface area contributed by atoms with E-state index in [-0.39, 0.29) is 5.97 Å². The van der Waals surface area contributed by atoms with Crippen molar-refractivity contribution < 1.29 is 14.4 Å². The third kappa shape index (κ3) is 6.82. The molecule has 0 rings (SSSR count). The first kappa shape index (κ1) is 13.4. The predicted molar refractivity (Wildman–Crippen MR) is 53.2 cm³/mol. The summed E-state index contributed by atoms with van der Waals surface area (Å²) in [5, 5.41) is 0. The van der Waals surface area contributed by atoms with Gasteiger partial charge < -0.3 is 15.3 Å². The highest BCUT2D eigenvalue weighted by atomic mass is 16.6. The van der Waals surface area contributed by atoms with Gasteiger partial charge in [-0.05, 0) is 33.6 Å². The summed E-state index contributed by atoms with van der Waals surface area (Å²) in [4.78, 5) is 15.7. The molecule has 5 nitrogen and oxygen atoms in total. The number of nitrogens with two attached hydrogens (primary N) is 2. The lowest BCUT2D eigenvalue weighted by molar-refractivity contribution is -0.156. The summed E-state index contributed by atoms with van der Waals surface area (Å²) in [5.41, 5.74) is 5.11. The summed E-state index contributed by atoms with van der Waals surface area (Å²) in [6, 6.07) is -0.593. The summed E-state index contributed by atoms with van der Waals surface area (Å²) in [6.07, 6.45) is 1.17. The third-order valence-electron chi connectivity index (χ3n) is 1.49. The Morgan fingerprint density at radius 2 is 2.00 bits per heavy atom. The van der Waals surface area contributed by atoms with Gasteiger partial charge >= 0.3 is 5.97 Å². The minimum absolute atomic E-state index is 0.380. The van der Waals surface area contributed by atoms with Crippen LogP contribution >= 0.6 is 0 Å². The van der Waals surface area contributed by atoms with Crippen molar-refractivity contribution in [3.05, 3.63) is 0 Å². The number of carbonyl (C=O) groups is 1. The average Bonchev–Trinajstić information content (AvgIpc) is 2.01. The lowest BCUT2D eigenvalue weighted by Crippen LogP contribution is -2.37. The Hall–Kier alpha value is -0.650. The predicted octanol–water partition coefficient (Wildman–Crippen LogP) is 0.326. The number of carbonyl (C=O) groups excluding carboxylic acids is 1. The first-order valence-electron chi connectivity index (χ1n) is 4.67. The molecule has 0 aromatic rings. The molecule has 0 fully saturated rings. The fourth-order valence-corrected chi connectivity index (χ4v) is 0.882. The minimum Gasteiger partial charge on any atom is -0.459 e. The molecule has 0 heterocycles. The molecule has 0 radical (unpaired) electrons. The number of hydrogen-bond acceptors (Lipinski definition) is 5. The fourth-order valence-electron chi connectivity index (χ4n) is 0.882. The Morgan fingerprint density at radius 1 is 1.43 bits per heavy atom. The molecule has 0 saturated carbocycles. The van der Waals surface area contributed by atoms with E-state index in [1.54, 1.807) is 20.8 Å². The Kier molecular flexibility index (Phi) is 5.68. The van der Waals surface area contributed by atoms with Crippen molar-refractivity contribution in [2.75, 3.05) is 6.61 Å². The van der Waals surface area contributed by atoms with Gasteiger partial charge in [-0.3, -0.25) is 4.79 Å². The smallest absolute Gasteiger partial charge is 0.323 e. The SMILES string of the molecule is CC(C)(C)OC(=O)[C@@H](N)CCCON. The van der Waals surface area contributed by atoms with Crippen LogP contribution in [0.1, 0.15) is 33.6 Å². The van der Waals surface area contributed by atoms with Gasteiger partial charge in [-0.1, -0.05) is 0 Å². The molecular weight excluding hydrogens is 184 g/mol. The molecule has 0 bridgehead atoms. The lowest BCUT2D eigenvalue weighted by Gasteiger charge is -2.22. The van der Waals surface area contributed by atoms with Crippen LogP contribution in [0.5, 0.6) is 0 Å². The second-order valence-corrected chi connectivity index (χ2v) is 4.15. The van der Waals surface area contributed by atoms with Crippen molar-refractivity contribution in [2.45, 2.75) is 45.3 Å². The quantitative estimate of drug-likeness (QED) is 0.382. The maximum Gasteiger partial charge on any atom is 0.323 e. The standard InChI is InChI=1S/C9H20N2O3/c1-9(2,3)14-8(12)7(10)5-4-6-13-11/h7H,4-6,10-11H2,1-3H3/t7-/m0/s1. The van der Waals surface area contributed by atoms with Crippen molar-refractivity contribution in [1.29, 1.82) is 0 Å². The third-order valence-corrected chi connectivity index (χ3v) is 1.49. The summed E-state index contributed by atoms with van der Waals surface area (Å²) in [7, 11) is 0. The molecule has 0 aromatic carbocycles. The normalized spacial score (nSPS) is 13.8. The van der Waals surface area contributed by atoms with Gasteiger partial charge in [0, 0.05) is 0 Å². The summed E-state index contributed by atoms with van der Waals surface area (Å²) >= 11 is 0. The number of esters is 1. The zero-order valence-corrected chi connectivity index (χ0v) is 9.08. The highest BCUT2D eigenvalue weighted by Gasteiger charge is 2.21. The van der Waals surface area contributed by atoms with E-state index in [0.29, 0.717) is 19.4 Å². The van der Waals surface area contributed by atoms with E-state index in [1.165, 1.54) is 0 Å². The molecule has 0 aliphatic carbocycles. The number of ether oxygens (including phenoxy) is 1. The van der Waals surface area contributed by atoms with Crippen molar-refractivity contribution in [3.8, 4) is 0 Å². The zero-order chi connectivity index (χ0) is 11.2. The fraction of sp³-hybridized carbons (Fsp3) is 0.889. The molecule has 0 aliphatic rings. The highest BCUT2D eigenvalue weighted by molar-refractivity contribution is 5.75. The summed E-state index contributed by atoms with van der Waals surface area (Å²) in [6.45, 7) is 5.82. The maximum atomic E-state index is 11.3. The molecule has 5 heteroatoms. The van der Waals surface area contributed by atoms with Gasteiger partial charge in [0.05, 0.1) is 6.61 Å². The Morgan fingerprint density at radius 3 is 2.43 bits per heavy atom. The van der Waals surface area contributed by atoms with Crippen LogP contribution in [0.25, 0.3) is 0 Å². The van der Waals surface area contributed by atoms with Crippen LogP contribution in [0.3, 0.4) is 0 Å². The van der Waals surface area contributed by atoms with E-state index < -0.39 is 11.6 Å².